The minimum Gasteiger partial charge on any atom is -0.262 e. The van der Waals surface area contributed by atoms with Gasteiger partial charge in [-0.2, -0.15) is 8.42 Å². The Hall–Kier alpha value is -1.91. The minimum absolute atomic E-state index is 0.0200. The smallest absolute Gasteiger partial charge is 0.262 e. The molecule has 0 bridgehead atoms. The Bertz CT molecular complexity index is 632. The van der Waals surface area contributed by atoms with E-state index in [-0.39, 0.29) is 11.5 Å². The topological polar surface area (TPSA) is 43.4 Å². The van der Waals surface area contributed by atoms with Gasteiger partial charge in [0.05, 0.1) is 11.5 Å². The van der Waals surface area contributed by atoms with Crippen molar-refractivity contribution < 1.29 is 12.6 Å². The first-order chi connectivity index (χ1) is 9.18. The molecule has 4 heteroatoms. The second-order valence-corrected chi connectivity index (χ2v) is 5.48. The van der Waals surface area contributed by atoms with Crippen molar-refractivity contribution in [3.05, 3.63) is 72.3 Å². The van der Waals surface area contributed by atoms with Gasteiger partial charge in [-0.15, -0.1) is 0 Å². The van der Waals surface area contributed by atoms with Crippen LogP contribution in [0.2, 0.25) is 0 Å². The summed E-state index contributed by atoms with van der Waals surface area (Å²) in [6, 6.07) is 17.7. The van der Waals surface area contributed by atoms with E-state index in [1.165, 1.54) is 12.1 Å². The third-order valence-corrected chi connectivity index (χ3v) is 3.76. The summed E-state index contributed by atoms with van der Waals surface area (Å²) in [6.07, 6.45) is 3.50. The number of benzene rings is 2. The molecule has 0 unspecified atom stereocenters. The molecule has 98 valence electrons. The van der Waals surface area contributed by atoms with Gasteiger partial charge in [-0.25, -0.2) is 0 Å². The molecule has 0 aliphatic heterocycles. The highest BCUT2D eigenvalue weighted by Crippen LogP contribution is 2.11. The maximum Gasteiger partial charge on any atom is 0.297 e. The van der Waals surface area contributed by atoms with Gasteiger partial charge < -0.3 is 0 Å². The zero-order valence-electron chi connectivity index (χ0n) is 10.3. The van der Waals surface area contributed by atoms with Gasteiger partial charge in [0, 0.05) is 0 Å². The summed E-state index contributed by atoms with van der Waals surface area (Å²) in [5.41, 5.74) is 1.00. The molecule has 0 aliphatic rings. The van der Waals surface area contributed by atoms with Crippen LogP contribution >= 0.6 is 0 Å². The summed E-state index contributed by atoms with van der Waals surface area (Å²) in [6.45, 7) is 0.0200. The lowest BCUT2D eigenvalue weighted by atomic mass is 10.2. The highest BCUT2D eigenvalue weighted by Gasteiger charge is 2.12. The molecule has 0 aromatic heterocycles. The van der Waals surface area contributed by atoms with Crippen molar-refractivity contribution in [1.29, 1.82) is 0 Å². The molecule has 0 radical (unpaired) electrons. The molecule has 0 spiro atoms. The monoisotopic (exact) mass is 274 g/mol. The van der Waals surface area contributed by atoms with Gasteiger partial charge in [0.1, 0.15) is 0 Å². The van der Waals surface area contributed by atoms with Crippen molar-refractivity contribution in [2.75, 3.05) is 6.61 Å². The average molecular weight is 274 g/mol. The number of hydrogen-bond acceptors (Lipinski definition) is 3. The second kappa shape index (κ2) is 6.31. The van der Waals surface area contributed by atoms with Gasteiger partial charge in [0.15, 0.2) is 0 Å². The van der Waals surface area contributed by atoms with Crippen molar-refractivity contribution in [3.63, 3.8) is 0 Å². The Balaban J connectivity index is 1.95. The third kappa shape index (κ3) is 4.05. The zero-order chi connectivity index (χ0) is 13.6. The lowest BCUT2D eigenvalue weighted by Crippen LogP contribution is -2.06. The molecular weight excluding hydrogens is 260 g/mol. The van der Waals surface area contributed by atoms with Crippen LogP contribution in [0.15, 0.2) is 71.6 Å². The molecule has 0 atom stereocenters. The summed E-state index contributed by atoms with van der Waals surface area (Å²) in [7, 11) is -3.67. The Morgan fingerprint density at radius 1 is 0.895 bits per heavy atom. The van der Waals surface area contributed by atoms with Crippen molar-refractivity contribution in [3.8, 4) is 0 Å². The van der Waals surface area contributed by atoms with E-state index < -0.39 is 10.1 Å². The molecule has 0 heterocycles. The molecule has 0 N–H and O–H groups in total. The van der Waals surface area contributed by atoms with Crippen LogP contribution in [-0.4, -0.2) is 15.0 Å². The normalized spacial score (nSPS) is 11.8. The van der Waals surface area contributed by atoms with E-state index >= 15 is 0 Å². The minimum atomic E-state index is -3.67. The Labute approximate surface area is 113 Å². The fourth-order valence-electron chi connectivity index (χ4n) is 1.53. The first kappa shape index (κ1) is 13.5. The number of rotatable bonds is 5. The lowest BCUT2D eigenvalue weighted by Gasteiger charge is -2.02. The van der Waals surface area contributed by atoms with E-state index in [1.54, 1.807) is 24.3 Å². The van der Waals surface area contributed by atoms with Crippen molar-refractivity contribution in [2.24, 2.45) is 0 Å². The van der Waals surface area contributed by atoms with Crippen LogP contribution in [0.3, 0.4) is 0 Å². The first-order valence-corrected chi connectivity index (χ1v) is 7.25. The summed E-state index contributed by atoms with van der Waals surface area (Å²) in [5, 5.41) is 0. The van der Waals surface area contributed by atoms with Gasteiger partial charge in [-0.3, -0.25) is 4.18 Å². The van der Waals surface area contributed by atoms with Gasteiger partial charge in [0.25, 0.3) is 10.1 Å². The average Bonchev–Trinajstić information content (AvgIpc) is 2.46. The Morgan fingerprint density at radius 3 is 2.11 bits per heavy atom. The zero-order valence-corrected chi connectivity index (χ0v) is 11.1. The molecule has 3 nitrogen and oxygen atoms in total. The van der Waals surface area contributed by atoms with E-state index in [9.17, 15) is 8.42 Å². The largest absolute Gasteiger partial charge is 0.297 e. The predicted octanol–water partition coefficient (Wildman–Crippen LogP) is 3.11. The quantitative estimate of drug-likeness (QED) is 0.787. The van der Waals surface area contributed by atoms with E-state index in [0.717, 1.165) is 5.56 Å². The van der Waals surface area contributed by atoms with E-state index in [1.807, 2.05) is 36.4 Å². The van der Waals surface area contributed by atoms with Gasteiger partial charge in [-0.1, -0.05) is 60.7 Å². The van der Waals surface area contributed by atoms with Crippen LogP contribution in [-0.2, 0) is 14.3 Å². The van der Waals surface area contributed by atoms with Crippen LogP contribution in [0, 0.1) is 0 Å². The summed E-state index contributed by atoms with van der Waals surface area (Å²) < 4.78 is 28.5. The summed E-state index contributed by atoms with van der Waals surface area (Å²) in [5.74, 6) is 0. The fraction of sp³-hybridized carbons (Fsp3) is 0.0667. The van der Waals surface area contributed by atoms with Crippen LogP contribution in [0.1, 0.15) is 5.56 Å². The van der Waals surface area contributed by atoms with E-state index in [4.69, 9.17) is 4.18 Å². The Morgan fingerprint density at radius 2 is 1.47 bits per heavy atom. The molecule has 0 aliphatic carbocycles. The third-order valence-electron chi connectivity index (χ3n) is 2.46. The molecule has 2 aromatic carbocycles. The van der Waals surface area contributed by atoms with E-state index in [0.29, 0.717) is 0 Å². The molecule has 2 rings (SSSR count). The molecule has 0 amide bonds. The first-order valence-electron chi connectivity index (χ1n) is 5.84. The molecular formula is C15H14O3S. The fourth-order valence-corrected chi connectivity index (χ4v) is 2.42. The van der Waals surface area contributed by atoms with Crippen molar-refractivity contribution in [1.82, 2.24) is 0 Å². The highest BCUT2D eigenvalue weighted by atomic mass is 32.2. The van der Waals surface area contributed by atoms with E-state index in [2.05, 4.69) is 0 Å². The van der Waals surface area contributed by atoms with Crippen molar-refractivity contribution in [2.45, 2.75) is 4.90 Å². The molecule has 2 aromatic rings. The van der Waals surface area contributed by atoms with Crippen LogP contribution in [0.5, 0.6) is 0 Å². The van der Waals surface area contributed by atoms with Crippen molar-refractivity contribution >= 4 is 16.2 Å². The standard InChI is InChI=1S/C15H14O3S/c16-19(17,15-11-5-2-6-12-15)18-13-7-10-14-8-3-1-4-9-14/h1-12H,13H2. The second-order valence-electron chi connectivity index (χ2n) is 3.86. The molecule has 0 saturated heterocycles. The Kier molecular flexibility index (Phi) is 4.49. The van der Waals surface area contributed by atoms with Gasteiger partial charge in [-0.05, 0) is 17.7 Å². The highest BCUT2D eigenvalue weighted by molar-refractivity contribution is 7.86. The number of hydrogen-bond donors (Lipinski definition) is 0. The maximum atomic E-state index is 11.8. The summed E-state index contributed by atoms with van der Waals surface area (Å²) >= 11 is 0. The SMILES string of the molecule is O=S(=O)(OCC=Cc1ccccc1)c1ccccc1. The van der Waals surface area contributed by atoms with Crippen LogP contribution < -0.4 is 0 Å². The molecule has 19 heavy (non-hydrogen) atoms. The molecule has 0 saturated carbocycles. The van der Waals surface area contributed by atoms with Gasteiger partial charge in [0.2, 0.25) is 0 Å². The van der Waals surface area contributed by atoms with Crippen LogP contribution in [0.4, 0.5) is 0 Å². The lowest BCUT2D eigenvalue weighted by molar-refractivity contribution is 0.357. The maximum absolute atomic E-state index is 11.8. The van der Waals surface area contributed by atoms with Crippen LogP contribution in [0.25, 0.3) is 6.08 Å². The molecule has 0 fully saturated rings. The summed E-state index contributed by atoms with van der Waals surface area (Å²) in [4.78, 5) is 0.170. The predicted molar refractivity (Wildman–Crippen MR) is 75.1 cm³/mol. The van der Waals surface area contributed by atoms with Gasteiger partial charge >= 0.3 is 0 Å².